The second-order valence-corrected chi connectivity index (χ2v) is 4.57. The Hall–Kier alpha value is -1.75. The van der Waals surface area contributed by atoms with Crippen molar-refractivity contribution in [3.8, 4) is 11.5 Å². The molecule has 5 heteroatoms. The maximum atomic E-state index is 12.2. The fraction of sp³-hybridized carbons (Fsp3) is 0.500. The van der Waals surface area contributed by atoms with Crippen LogP contribution in [-0.4, -0.2) is 32.7 Å². The molecule has 1 unspecified atom stereocenters. The minimum absolute atomic E-state index is 0.0293. The van der Waals surface area contributed by atoms with Gasteiger partial charge in [-0.1, -0.05) is 6.92 Å². The Kier molecular flexibility index (Phi) is 4.27. The number of ether oxygens (including phenoxy) is 2. The van der Waals surface area contributed by atoms with Crippen LogP contribution in [0.2, 0.25) is 0 Å². The number of nitrogens with two attached hydrogens (primary N) is 1. The van der Waals surface area contributed by atoms with Crippen LogP contribution < -0.4 is 20.1 Å². The number of benzene rings is 1. The number of nitrogens with zero attached hydrogens (tertiary/aromatic N) is 1. The van der Waals surface area contributed by atoms with Crippen LogP contribution in [0.5, 0.6) is 11.5 Å². The Morgan fingerprint density at radius 2 is 2.05 bits per heavy atom. The van der Waals surface area contributed by atoms with E-state index >= 15 is 0 Å². The van der Waals surface area contributed by atoms with Gasteiger partial charge in [0.2, 0.25) is 5.91 Å². The number of hydrogen-bond donors (Lipinski definition) is 1. The zero-order valence-corrected chi connectivity index (χ0v) is 11.4. The van der Waals surface area contributed by atoms with Crippen molar-refractivity contribution < 1.29 is 14.3 Å². The van der Waals surface area contributed by atoms with Gasteiger partial charge < -0.3 is 20.1 Å². The number of rotatable bonds is 4. The highest BCUT2D eigenvalue weighted by Gasteiger charge is 2.21. The molecule has 2 N–H and O–H groups in total. The second-order valence-electron chi connectivity index (χ2n) is 4.57. The molecule has 0 fully saturated rings. The van der Waals surface area contributed by atoms with E-state index in [1.807, 2.05) is 25.1 Å². The van der Waals surface area contributed by atoms with E-state index in [0.717, 1.165) is 17.9 Å². The van der Waals surface area contributed by atoms with Crippen LogP contribution in [0.3, 0.4) is 0 Å². The van der Waals surface area contributed by atoms with Gasteiger partial charge in [-0.25, -0.2) is 0 Å². The number of anilines is 1. The quantitative estimate of drug-likeness (QED) is 0.893. The van der Waals surface area contributed by atoms with Crippen molar-refractivity contribution in [1.82, 2.24) is 0 Å². The molecule has 1 aromatic rings. The third-order valence-electron chi connectivity index (χ3n) is 3.37. The van der Waals surface area contributed by atoms with Gasteiger partial charge in [0, 0.05) is 25.3 Å². The third kappa shape index (κ3) is 2.81. The van der Waals surface area contributed by atoms with Crippen molar-refractivity contribution in [3.63, 3.8) is 0 Å². The van der Waals surface area contributed by atoms with Crippen molar-refractivity contribution in [2.24, 2.45) is 11.7 Å². The standard InChI is InChI=1S/C14H20N2O3/c1-3-10(9-15)14(17)16(2)11-4-5-12-13(8-11)19-7-6-18-12/h4-5,8,10H,3,6-7,9,15H2,1-2H3. The van der Waals surface area contributed by atoms with E-state index in [1.54, 1.807) is 11.9 Å². The smallest absolute Gasteiger partial charge is 0.231 e. The van der Waals surface area contributed by atoms with Crippen molar-refractivity contribution in [2.45, 2.75) is 13.3 Å². The van der Waals surface area contributed by atoms with Gasteiger partial charge in [0.25, 0.3) is 0 Å². The molecule has 0 aromatic heterocycles. The van der Waals surface area contributed by atoms with Crippen LogP contribution in [-0.2, 0) is 4.79 Å². The molecule has 0 saturated carbocycles. The normalized spacial score (nSPS) is 14.9. The molecule has 0 bridgehead atoms. The molecule has 0 spiro atoms. The molecule has 1 heterocycles. The fourth-order valence-corrected chi connectivity index (χ4v) is 2.08. The van der Waals surface area contributed by atoms with E-state index < -0.39 is 0 Å². The summed E-state index contributed by atoms with van der Waals surface area (Å²) in [6.45, 7) is 3.43. The number of hydrogen-bond acceptors (Lipinski definition) is 4. The van der Waals surface area contributed by atoms with E-state index in [4.69, 9.17) is 15.2 Å². The Bertz CT molecular complexity index is 458. The van der Waals surface area contributed by atoms with E-state index in [1.165, 1.54) is 0 Å². The molecular formula is C14H20N2O3. The average molecular weight is 264 g/mol. The number of carbonyl (C=O) groups is 1. The van der Waals surface area contributed by atoms with E-state index in [9.17, 15) is 4.79 Å². The predicted molar refractivity (Wildman–Crippen MR) is 73.7 cm³/mol. The first-order valence-electron chi connectivity index (χ1n) is 6.54. The van der Waals surface area contributed by atoms with Gasteiger partial charge in [-0.05, 0) is 18.6 Å². The summed E-state index contributed by atoms with van der Waals surface area (Å²) in [6, 6.07) is 5.52. The van der Waals surface area contributed by atoms with Gasteiger partial charge in [0.15, 0.2) is 11.5 Å². The fourth-order valence-electron chi connectivity index (χ4n) is 2.08. The van der Waals surface area contributed by atoms with Gasteiger partial charge in [-0.3, -0.25) is 4.79 Å². The Balaban J connectivity index is 2.19. The van der Waals surface area contributed by atoms with Crippen LogP contribution in [0.15, 0.2) is 18.2 Å². The first-order chi connectivity index (χ1) is 9.17. The SMILES string of the molecule is CCC(CN)C(=O)N(C)c1ccc2c(c1)OCCO2. The maximum absolute atomic E-state index is 12.2. The summed E-state index contributed by atoms with van der Waals surface area (Å²) >= 11 is 0. The van der Waals surface area contributed by atoms with E-state index in [-0.39, 0.29) is 11.8 Å². The van der Waals surface area contributed by atoms with Gasteiger partial charge in [-0.15, -0.1) is 0 Å². The summed E-state index contributed by atoms with van der Waals surface area (Å²) in [6.07, 6.45) is 0.740. The van der Waals surface area contributed by atoms with Crippen LogP contribution in [0.25, 0.3) is 0 Å². The summed E-state index contributed by atoms with van der Waals surface area (Å²) in [4.78, 5) is 13.9. The van der Waals surface area contributed by atoms with Crippen molar-refractivity contribution in [2.75, 3.05) is 31.7 Å². The molecule has 1 atom stereocenters. The molecule has 1 aromatic carbocycles. The highest BCUT2D eigenvalue weighted by Crippen LogP contribution is 2.34. The molecule has 104 valence electrons. The first-order valence-corrected chi connectivity index (χ1v) is 6.54. The highest BCUT2D eigenvalue weighted by molar-refractivity contribution is 5.95. The predicted octanol–water partition coefficient (Wildman–Crippen LogP) is 1.41. The minimum atomic E-state index is -0.141. The third-order valence-corrected chi connectivity index (χ3v) is 3.37. The van der Waals surface area contributed by atoms with Crippen molar-refractivity contribution >= 4 is 11.6 Å². The molecule has 1 amide bonds. The summed E-state index contributed by atoms with van der Waals surface area (Å²) in [5, 5.41) is 0. The number of carbonyl (C=O) groups excluding carboxylic acids is 1. The average Bonchev–Trinajstić information content (AvgIpc) is 2.47. The molecule has 1 aliphatic heterocycles. The number of amides is 1. The lowest BCUT2D eigenvalue weighted by Gasteiger charge is -2.24. The first kappa shape index (κ1) is 13.7. The maximum Gasteiger partial charge on any atom is 0.231 e. The van der Waals surface area contributed by atoms with Crippen molar-refractivity contribution in [3.05, 3.63) is 18.2 Å². The monoisotopic (exact) mass is 264 g/mol. The molecule has 5 nitrogen and oxygen atoms in total. The minimum Gasteiger partial charge on any atom is -0.486 e. The summed E-state index contributed by atoms with van der Waals surface area (Å²) in [5.41, 5.74) is 6.41. The second kappa shape index (κ2) is 5.93. The molecule has 2 rings (SSSR count). The van der Waals surface area contributed by atoms with E-state index in [2.05, 4.69) is 0 Å². The van der Waals surface area contributed by atoms with Crippen LogP contribution >= 0.6 is 0 Å². The summed E-state index contributed by atoms with van der Waals surface area (Å²) < 4.78 is 11.0. The van der Waals surface area contributed by atoms with Crippen LogP contribution in [0.4, 0.5) is 5.69 Å². The molecular weight excluding hydrogens is 244 g/mol. The largest absolute Gasteiger partial charge is 0.486 e. The molecule has 19 heavy (non-hydrogen) atoms. The lowest BCUT2D eigenvalue weighted by Crippen LogP contribution is -2.36. The molecule has 0 aliphatic carbocycles. The number of fused-ring (bicyclic) bond motifs is 1. The van der Waals surface area contributed by atoms with Crippen molar-refractivity contribution in [1.29, 1.82) is 0 Å². The molecule has 1 aliphatic rings. The van der Waals surface area contributed by atoms with Gasteiger partial charge in [0.1, 0.15) is 13.2 Å². The van der Waals surface area contributed by atoms with Gasteiger partial charge >= 0.3 is 0 Å². The lowest BCUT2D eigenvalue weighted by atomic mass is 10.1. The Labute approximate surface area is 113 Å². The van der Waals surface area contributed by atoms with Gasteiger partial charge in [-0.2, -0.15) is 0 Å². The Morgan fingerprint density at radius 3 is 2.68 bits per heavy atom. The van der Waals surface area contributed by atoms with Gasteiger partial charge in [0.05, 0.1) is 5.92 Å². The van der Waals surface area contributed by atoms with E-state index in [0.29, 0.717) is 25.5 Å². The zero-order chi connectivity index (χ0) is 13.8. The highest BCUT2D eigenvalue weighted by atomic mass is 16.6. The summed E-state index contributed by atoms with van der Waals surface area (Å²) in [5.74, 6) is 1.30. The molecule has 0 radical (unpaired) electrons. The van der Waals surface area contributed by atoms with Crippen LogP contribution in [0, 0.1) is 5.92 Å². The molecule has 0 saturated heterocycles. The topological polar surface area (TPSA) is 64.8 Å². The Morgan fingerprint density at radius 1 is 1.37 bits per heavy atom. The summed E-state index contributed by atoms with van der Waals surface area (Å²) in [7, 11) is 1.76. The lowest BCUT2D eigenvalue weighted by molar-refractivity contribution is -0.121. The van der Waals surface area contributed by atoms with Crippen LogP contribution in [0.1, 0.15) is 13.3 Å². The zero-order valence-electron chi connectivity index (χ0n) is 11.4.